The second-order valence-electron chi connectivity index (χ2n) is 2.28. The number of rotatable bonds is 2. The Kier molecular flexibility index (Phi) is 4.30. The van der Waals surface area contributed by atoms with Crippen molar-refractivity contribution in [1.29, 1.82) is 0 Å². The molecule has 11 heavy (non-hydrogen) atoms. The van der Waals surface area contributed by atoms with E-state index in [0.29, 0.717) is 6.54 Å². The molecule has 0 aliphatic rings. The van der Waals surface area contributed by atoms with E-state index in [4.69, 9.17) is 11.5 Å². The van der Waals surface area contributed by atoms with Gasteiger partial charge >= 0.3 is 0 Å². The van der Waals surface area contributed by atoms with Gasteiger partial charge in [-0.1, -0.05) is 19.6 Å². The van der Waals surface area contributed by atoms with Crippen molar-refractivity contribution in [2.45, 2.75) is 13.8 Å². The molecule has 0 heterocycles. The minimum Gasteiger partial charge on any atom is -0.399 e. The van der Waals surface area contributed by atoms with Crippen molar-refractivity contribution < 1.29 is 0 Å². The summed E-state index contributed by atoms with van der Waals surface area (Å²) in [6.45, 7) is 0.684. The number of hydrogen-bond donors (Lipinski definition) is 2. The van der Waals surface area contributed by atoms with E-state index in [0.717, 1.165) is 12.1 Å². The third kappa shape index (κ3) is 3.05. The van der Waals surface area contributed by atoms with Gasteiger partial charge in [0.2, 0.25) is 0 Å². The predicted molar refractivity (Wildman–Crippen MR) is 50.3 cm³/mol. The monoisotopic (exact) mass is 152 g/mol. The maximum absolute atomic E-state index is 5.55. The average molecular weight is 152 g/mol. The first-order valence-corrected chi connectivity index (χ1v) is 3.37. The van der Waals surface area contributed by atoms with Gasteiger partial charge in [-0.25, -0.2) is 0 Å². The largest absolute Gasteiger partial charge is 0.399 e. The second-order valence-corrected chi connectivity index (χ2v) is 2.28. The molecule has 0 bridgehead atoms. The molecule has 0 aliphatic heterocycles. The first kappa shape index (κ1) is 9.98. The lowest BCUT2D eigenvalue weighted by molar-refractivity contribution is 0.969. The van der Waals surface area contributed by atoms with Crippen molar-refractivity contribution in [3.8, 4) is 0 Å². The Morgan fingerprint density at radius 3 is 2.55 bits per heavy atom. The fourth-order valence-electron chi connectivity index (χ4n) is 0.915. The Morgan fingerprint density at radius 1 is 1.27 bits per heavy atom. The zero-order valence-corrected chi connectivity index (χ0v) is 5.88. The van der Waals surface area contributed by atoms with Gasteiger partial charge in [0.15, 0.2) is 0 Å². The van der Waals surface area contributed by atoms with Crippen LogP contribution in [-0.2, 0) is 6.42 Å². The first-order chi connectivity index (χ1) is 4.83. The standard InChI is InChI=1S/C8H12N2.CH4/c9-5-4-7-2-1-3-8(10)6-7;/h1-3,6H,4-5,9-10H2;1H4. The maximum atomic E-state index is 5.55. The molecule has 2 nitrogen and oxygen atoms in total. The lowest BCUT2D eigenvalue weighted by Crippen LogP contribution is -2.02. The molecule has 4 N–H and O–H groups in total. The molecule has 0 amide bonds. The topological polar surface area (TPSA) is 52.0 Å². The third-order valence-corrected chi connectivity index (χ3v) is 1.38. The summed E-state index contributed by atoms with van der Waals surface area (Å²) < 4.78 is 0. The molecule has 0 saturated carbocycles. The van der Waals surface area contributed by atoms with Gasteiger partial charge in [0.1, 0.15) is 0 Å². The van der Waals surface area contributed by atoms with Crippen molar-refractivity contribution in [3.63, 3.8) is 0 Å². The van der Waals surface area contributed by atoms with E-state index in [2.05, 4.69) is 0 Å². The van der Waals surface area contributed by atoms with Crippen LogP contribution in [-0.4, -0.2) is 6.54 Å². The van der Waals surface area contributed by atoms with Gasteiger partial charge in [0.05, 0.1) is 0 Å². The van der Waals surface area contributed by atoms with E-state index in [1.165, 1.54) is 5.56 Å². The van der Waals surface area contributed by atoms with E-state index < -0.39 is 0 Å². The number of anilines is 1. The number of benzene rings is 1. The second kappa shape index (κ2) is 4.74. The van der Waals surface area contributed by atoms with Crippen molar-refractivity contribution in [2.75, 3.05) is 12.3 Å². The van der Waals surface area contributed by atoms with Crippen LogP contribution in [0.3, 0.4) is 0 Å². The maximum Gasteiger partial charge on any atom is 0.0316 e. The van der Waals surface area contributed by atoms with E-state index in [1.807, 2.05) is 24.3 Å². The molecule has 0 fully saturated rings. The Morgan fingerprint density at radius 2 is 2.00 bits per heavy atom. The molecule has 62 valence electrons. The van der Waals surface area contributed by atoms with Crippen molar-refractivity contribution in [1.82, 2.24) is 0 Å². The molecule has 0 radical (unpaired) electrons. The summed E-state index contributed by atoms with van der Waals surface area (Å²) in [6.07, 6.45) is 0.908. The van der Waals surface area contributed by atoms with Crippen LogP contribution in [0.25, 0.3) is 0 Å². The molecule has 1 aromatic rings. The summed E-state index contributed by atoms with van der Waals surface area (Å²) in [5, 5.41) is 0. The van der Waals surface area contributed by atoms with Gasteiger partial charge in [0, 0.05) is 5.69 Å². The predicted octanol–water partition coefficient (Wildman–Crippen LogP) is 1.41. The highest BCUT2D eigenvalue weighted by Crippen LogP contribution is 2.05. The molecule has 0 aromatic heterocycles. The Hall–Kier alpha value is -1.02. The van der Waals surface area contributed by atoms with E-state index in [1.54, 1.807) is 0 Å². The average Bonchev–Trinajstić information content (AvgIpc) is 1.88. The summed E-state index contributed by atoms with van der Waals surface area (Å²) in [5.74, 6) is 0. The molecule has 1 aromatic carbocycles. The fraction of sp³-hybridized carbons (Fsp3) is 0.333. The van der Waals surface area contributed by atoms with Crippen LogP contribution in [0.5, 0.6) is 0 Å². The Balaban J connectivity index is 0.000001000. The van der Waals surface area contributed by atoms with Crippen LogP contribution in [0.1, 0.15) is 13.0 Å². The van der Waals surface area contributed by atoms with E-state index in [-0.39, 0.29) is 7.43 Å². The van der Waals surface area contributed by atoms with Crippen LogP contribution in [0, 0.1) is 0 Å². The van der Waals surface area contributed by atoms with Gasteiger partial charge in [-0.05, 0) is 30.7 Å². The highest BCUT2D eigenvalue weighted by Gasteiger charge is 1.89. The first-order valence-electron chi connectivity index (χ1n) is 3.37. The molecule has 0 atom stereocenters. The molecular formula is C9H16N2. The highest BCUT2D eigenvalue weighted by atomic mass is 14.5. The van der Waals surface area contributed by atoms with E-state index >= 15 is 0 Å². The van der Waals surface area contributed by atoms with Crippen LogP contribution in [0.2, 0.25) is 0 Å². The van der Waals surface area contributed by atoms with Crippen molar-refractivity contribution in [3.05, 3.63) is 29.8 Å². The van der Waals surface area contributed by atoms with E-state index in [9.17, 15) is 0 Å². The Labute approximate surface area is 68.2 Å². The van der Waals surface area contributed by atoms with Crippen LogP contribution in [0.4, 0.5) is 5.69 Å². The van der Waals surface area contributed by atoms with Crippen molar-refractivity contribution in [2.24, 2.45) is 5.73 Å². The lowest BCUT2D eigenvalue weighted by atomic mass is 10.1. The molecule has 0 aliphatic carbocycles. The van der Waals surface area contributed by atoms with Gasteiger partial charge in [-0.3, -0.25) is 0 Å². The molecule has 1 rings (SSSR count). The Bertz CT molecular complexity index is 208. The van der Waals surface area contributed by atoms with Crippen LogP contribution < -0.4 is 11.5 Å². The van der Waals surface area contributed by atoms with Gasteiger partial charge < -0.3 is 11.5 Å². The third-order valence-electron chi connectivity index (χ3n) is 1.38. The van der Waals surface area contributed by atoms with Crippen LogP contribution in [0.15, 0.2) is 24.3 Å². The minimum absolute atomic E-state index is 0. The van der Waals surface area contributed by atoms with Crippen LogP contribution >= 0.6 is 0 Å². The number of nitrogens with two attached hydrogens (primary N) is 2. The van der Waals surface area contributed by atoms with Crippen molar-refractivity contribution >= 4 is 5.69 Å². The summed E-state index contributed by atoms with van der Waals surface area (Å²) in [7, 11) is 0. The summed E-state index contributed by atoms with van der Waals surface area (Å²) in [4.78, 5) is 0. The molecule has 2 heteroatoms. The zero-order chi connectivity index (χ0) is 7.40. The molecule has 0 unspecified atom stereocenters. The van der Waals surface area contributed by atoms with Gasteiger partial charge in [-0.15, -0.1) is 0 Å². The fourth-order valence-corrected chi connectivity index (χ4v) is 0.915. The molecular weight excluding hydrogens is 136 g/mol. The summed E-state index contributed by atoms with van der Waals surface area (Å²) in [6, 6.07) is 7.80. The summed E-state index contributed by atoms with van der Waals surface area (Å²) >= 11 is 0. The SMILES string of the molecule is C.NCCc1cccc(N)c1. The number of hydrogen-bond acceptors (Lipinski definition) is 2. The normalized spacial score (nSPS) is 8.82. The number of nitrogen functional groups attached to an aromatic ring is 1. The van der Waals surface area contributed by atoms with Gasteiger partial charge in [0.25, 0.3) is 0 Å². The highest BCUT2D eigenvalue weighted by molar-refractivity contribution is 5.40. The van der Waals surface area contributed by atoms with Gasteiger partial charge in [-0.2, -0.15) is 0 Å². The smallest absolute Gasteiger partial charge is 0.0316 e. The molecule has 0 spiro atoms. The minimum atomic E-state index is 0. The molecule has 0 saturated heterocycles. The quantitative estimate of drug-likeness (QED) is 0.629. The zero-order valence-electron chi connectivity index (χ0n) is 5.88. The lowest BCUT2D eigenvalue weighted by Gasteiger charge is -1.98. The summed E-state index contributed by atoms with van der Waals surface area (Å²) in [5.41, 5.74) is 12.9.